The molecule has 2 aromatic rings. The molecular formula is C26H36N4O. The van der Waals surface area contributed by atoms with Gasteiger partial charge in [-0.1, -0.05) is 36.4 Å². The summed E-state index contributed by atoms with van der Waals surface area (Å²) in [4.78, 5) is 21.4. The van der Waals surface area contributed by atoms with Crippen molar-refractivity contribution < 1.29 is 4.79 Å². The fraction of sp³-hybridized carbons (Fsp3) is 0.538. The van der Waals surface area contributed by atoms with E-state index in [1.807, 2.05) is 36.3 Å². The Bertz CT molecular complexity index is 813. The first-order valence-electron chi connectivity index (χ1n) is 11.8. The first-order valence-corrected chi connectivity index (χ1v) is 11.8. The number of nitrogens with zero attached hydrogens (tertiary/aromatic N) is 3. The first kappa shape index (κ1) is 22.0. The van der Waals surface area contributed by atoms with Crippen LogP contribution in [0.1, 0.15) is 36.9 Å². The second kappa shape index (κ2) is 10.9. The molecule has 0 spiro atoms. The van der Waals surface area contributed by atoms with Crippen molar-refractivity contribution in [3.63, 3.8) is 0 Å². The molecule has 0 radical (unpaired) electrons. The Kier molecular flexibility index (Phi) is 7.71. The quantitative estimate of drug-likeness (QED) is 0.676. The summed E-state index contributed by atoms with van der Waals surface area (Å²) in [6.07, 6.45) is 6.65. The van der Waals surface area contributed by atoms with Crippen molar-refractivity contribution >= 4 is 5.91 Å². The fourth-order valence-electron chi connectivity index (χ4n) is 5.20. The smallest absolute Gasteiger partial charge is 0.222 e. The summed E-state index contributed by atoms with van der Waals surface area (Å²) in [6, 6.07) is 17.3. The lowest BCUT2D eigenvalue weighted by Gasteiger charge is -2.46. The van der Waals surface area contributed by atoms with Crippen LogP contribution in [0.5, 0.6) is 0 Å². The van der Waals surface area contributed by atoms with Crippen LogP contribution in [-0.4, -0.2) is 60.0 Å². The molecular weight excluding hydrogens is 384 g/mol. The first-order chi connectivity index (χ1) is 15.2. The molecule has 1 aromatic heterocycles. The number of amides is 1. The highest BCUT2D eigenvalue weighted by Crippen LogP contribution is 2.31. The number of hydrogen-bond acceptors (Lipinski definition) is 4. The van der Waals surface area contributed by atoms with Crippen LogP contribution in [0.2, 0.25) is 0 Å². The fourth-order valence-corrected chi connectivity index (χ4v) is 5.20. The average molecular weight is 421 g/mol. The standard InChI is InChI=1S/C26H36N4O/c1-29(15-13-24-10-5-6-14-27-24)26(31)12-7-11-25-23-16-22(17-28-25)19-30(20-23)18-21-8-3-2-4-9-21/h2-6,8-10,14,22-23,25,28H,7,11-13,15-20H2,1H3/t22-,23?,25+/m0/s1. The van der Waals surface area contributed by atoms with E-state index in [9.17, 15) is 4.79 Å². The van der Waals surface area contributed by atoms with Gasteiger partial charge in [-0.05, 0) is 55.3 Å². The molecule has 2 fully saturated rings. The van der Waals surface area contributed by atoms with Gasteiger partial charge in [-0.25, -0.2) is 0 Å². The number of likely N-dealkylation sites (tertiary alicyclic amines) is 1. The lowest BCUT2D eigenvalue weighted by Crippen LogP contribution is -2.55. The molecule has 2 saturated heterocycles. The van der Waals surface area contributed by atoms with Gasteiger partial charge < -0.3 is 10.2 Å². The van der Waals surface area contributed by atoms with Gasteiger partial charge in [0, 0.05) is 64.0 Å². The molecule has 2 aliphatic heterocycles. The predicted molar refractivity (Wildman–Crippen MR) is 125 cm³/mol. The van der Waals surface area contributed by atoms with Gasteiger partial charge in [0.15, 0.2) is 0 Å². The third kappa shape index (κ3) is 6.37. The Balaban J connectivity index is 1.19. The molecule has 3 heterocycles. The minimum Gasteiger partial charge on any atom is -0.345 e. The zero-order valence-corrected chi connectivity index (χ0v) is 18.7. The van der Waals surface area contributed by atoms with Crippen LogP contribution in [0.15, 0.2) is 54.7 Å². The number of carbonyl (C=O) groups excluding carboxylic acids is 1. The summed E-state index contributed by atoms with van der Waals surface area (Å²) in [7, 11) is 1.91. The molecule has 166 valence electrons. The largest absolute Gasteiger partial charge is 0.345 e. The van der Waals surface area contributed by atoms with E-state index in [2.05, 4.69) is 45.5 Å². The third-order valence-electron chi connectivity index (χ3n) is 6.89. The van der Waals surface area contributed by atoms with E-state index in [0.29, 0.717) is 18.4 Å². The van der Waals surface area contributed by atoms with Crippen molar-refractivity contribution in [2.24, 2.45) is 11.8 Å². The molecule has 2 aliphatic rings. The number of benzene rings is 1. The number of fused-ring (bicyclic) bond motifs is 2. The van der Waals surface area contributed by atoms with Crippen LogP contribution in [0.3, 0.4) is 0 Å². The highest BCUT2D eigenvalue weighted by atomic mass is 16.2. The maximum Gasteiger partial charge on any atom is 0.222 e. The van der Waals surface area contributed by atoms with E-state index >= 15 is 0 Å². The lowest BCUT2D eigenvalue weighted by molar-refractivity contribution is -0.130. The molecule has 31 heavy (non-hydrogen) atoms. The van der Waals surface area contributed by atoms with Crippen molar-refractivity contribution in [1.82, 2.24) is 20.1 Å². The third-order valence-corrected chi connectivity index (χ3v) is 6.89. The van der Waals surface area contributed by atoms with E-state index in [0.717, 1.165) is 50.5 Å². The van der Waals surface area contributed by atoms with Gasteiger partial charge in [0.25, 0.3) is 0 Å². The number of rotatable bonds is 9. The summed E-state index contributed by atoms with van der Waals surface area (Å²) >= 11 is 0. The highest BCUT2D eigenvalue weighted by Gasteiger charge is 2.36. The minimum absolute atomic E-state index is 0.249. The van der Waals surface area contributed by atoms with Gasteiger partial charge in [0.2, 0.25) is 5.91 Å². The van der Waals surface area contributed by atoms with Crippen molar-refractivity contribution in [2.75, 3.05) is 33.2 Å². The summed E-state index contributed by atoms with van der Waals surface area (Å²) < 4.78 is 0. The maximum atomic E-state index is 12.6. The van der Waals surface area contributed by atoms with E-state index in [-0.39, 0.29) is 5.91 Å². The summed E-state index contributed by atoms with van der Waals surface area (Å²) in [6.45, 7) is 5.27. The molecule has 5 heteroatoms. The van der Waals surface area contributed by atoms with Crippen LogP contribution in [0.4, 0.5) is 0 Å². The van der Waals surface area contributed by atoms with Crippen molar-refractivity contribution in [2.45, 2.75) is 44.7 Å². The molecule has 0 saturated carbocycles. The van der Waals surface area contributed by atoms with Gasteiger partial charge in [-0.3, -0.25) is 14.7 Å². The number of carbonyl (C=O) groups is 1. The number of nitrogens with one attached hydrogen (secondary N) is 1. The topological polar surface area (TPSA) is 48.5 Å². The Morgan fingerprint density at radius 1 is 1.16 bits per heavy atom. The Hall–Kier alpha value is -2.24. The molecule has 3 atom stereocenters. The van der Waals surface area contributed by atoms with Crippen LogP contribution >= 0.6 is 0 Å². The SMILES string of the molecule is CN(CCc1ccccn1)C(=O)CCC[C@H]1NC[C@@H]2CC1CN(Cc1ccccc1)C2. The normalized spacial score (nSPS) is 23.5. The number of likely N-dealkylation sites (N-methyl/N-ethyl adjacent to an activating group) is 1. The number of hydrogen-bond donors (Lipinski definition) is 1. The maximum absolute atomic E-state index is 12.6. The molecule has 1 unspecified atom stereocenters. The monoisotopic (exact) mass is 420 g/mol. The van der Waals surface area contributed by atoms with E-state index in [1.54, 1.807) is 0 Å². The molecule has 1 aromatic carbocycles. The van der Waals surface area contributed by atoms with E-state index < -0.39 is 0 Å². The van der Waals surface area contributed by atoms with Gasteiger partial charge in [-0.15, -0.1) is 0 Å². The lowest BCUT2D eigenvalue weighted by atomic mass is 9.79. The van der Waals surface area contributed by atoms with Gasteiger partial charge in [0.05, 0.1) is 0 Å². The van der Waals surface area contributed by atoms with Gasteiger partial charge >= 0.3 is 0 Å². The summed E-state index contributed by atoms with van der Waals surface area (Å²) in [5.74, 6) is 1.71. The number of pyridine rings is 1. The molecule has 5 nitrogen and oxygen atoms in total. The molecule has 0 aliphatic carbocycles. The Morgan fingerprint density at radius 3 is 2.81 bits per heavy atom. The Labute approximate surface area is 186 Å². The van der Waals surface area contributed by atoms with Crippen LogP contribution in [0.25, 0.3) is 0 Å². The Morgan fingerprint density at radius 2 is 2.00 bits per heavy atom. The second-order valence-electron chi connectivity index (χ2n) is 9.33. The predicted octanol–water partition coefficient (Wildman–Crippen LogP) is 3.36. The summed E-state index contributed by atoms with van der Waals surface area (Å²) in [5.41, 5.74) is 2.45. The van der Waals surface area contributed by atoms with Crippen molar-refractivity contribution in [1.29, 1.82) is 0 Å². The van der Waals surface area contributed by atoms with E-state index in [4.69, 9.17) is 0 Å². The van der Waals surface area contributed by atoms with E-state index in [1.165, 1.54) is 25.1 Å². The molecule has 1 amide bonds. The van der Waals surface area contributed by atoms with Crippen molar-refractivity contribution in [3.05, 3.63) is 66.0 Å². The van der Waals surface area contributed by atoms with Crippen LogP contribution < -0.4 is 5.32 Å². The zero-order valence-electron chi connectivity index (χ0n) is 18.7. The molecule has 1 N–H and O–H groups in total. The van der Waals surface area contributed by atoms with Crippen LogP contribution in [-0.2, 0) is 17.8 Å². The van der Waals surface area contributed by atoms with Gasteiger partial charge in [0.1, 0.15) is 0 Å². The van der Waals surface area contributed by atoms with Crippen LogP contribution in [0, 0.1) is 11.8 Å². The number of aromatic nitrogens is 1. The number of piperidine rings is 2. The van der Waals surface area contributed by atoms with Gasteiger partial charge in [-0.2, -0.15) is 0 Å². The minimum atomic E-state index is 0.249. The average Bonchev–Trinajstić information content (AvgIpc) is 2.80. The second-order valence-corrected chi connectivity index (χ2v) is 9.33. The summed E-state index contributed by atoms with van der Waals surface area (Å²) in [5, 5.41) is 3.80. The zero-order chi connectivity index (χ0) is 21.5. The molecule has 4 rings (SSSR count). The van der Waals surface area contributed by atoms with Crippen molar-refractivity contribution in [3.8, 4) is 0 Å². The molecule has 2 bridgehead atoms. The highest BCUT2D eigenvalue weighted by molar-refractivity contribution is 5.75.